The van der Waals surface area contributed by atoms with E-state index in [9.17, 15) is 9.59 Å². The van der Waals surface area contributed by atoms with Gasteiger partial charge in [-0.05, 0) is 26.2 Å². The molecule has 0 unspecified atom stereocenters. The Morgan fingerprint density at radius 1 is 1.35 bits per heavy atom. The van der Waals surface area contributed by atoms with Gasteiger partial charge in [0.2, 0.25) is 5.91 Å². The number of carbonyl (C=O) groups is 2. The van der Waals surface area contributed by atoms with Crippen molar-refractivity contribution in [2.45, 2.75) is 51.5 Å². The van der Waals surface area contributed by atoms with Gasteiger partial charge in [-0.1, -0.05) is 24.8 Å². The highest BCUT2D eigenvalue weighted by atomic mass is 16.4. The van der Waals surface area contributed by atoms with E-state index in [1.807, 2.05) is 0 Å². The van der Waals surface area contributed by atoms with E-state index < -0.39 is 12.0 Å². The van der Waals surface area contributed by atoms with Gasteiger partial charge in [-0.2, -0.15) is 0 Å². The van der Waals surface area contributed by atoms with Crippen molar-refractivity contribution >= 4 is 11.9 Å². The molecule has 2 N–H and O–H groups in total. The lowest BCUT2D eigenvalue weighted by Gasteiger charge is -2.23. The number of carboxylic acids is 1. The number of amides is 1. The van der Waals surface area contributed by atoms with Crippen LogP contribution in [0.3, 0.4) is 0 Å². The number of hydrogen-bond donors (Lipinski definition) is 2. The Morgan fingerprint density at radius 3 is 2.41 bits per heavy atom. The molecule has 0 heterocycles. The second kappa shape index (κ2) is 6.42. The molecule has 4 nitrogen and oxygen atoms in total. The Hall–Kier alpha value is -1.32. The van der Waals surface area contributed by atoms with Crippen LogP contribution in [-0.2, 0) is 9.59 Å². The van der Waals surface area contributed by atoms with Crippen LogP contribution in [0.25, 0.3) is 0 Å². The van der Waals surface area contributed by atoms with Crippen molar-refractivity contribution in [2.75, 3.05) is 0 Å². The molecule has 96 valence electrons. The molecular formula is C13H21NO3. The van der Waals surface area contributed by atoms with Crippen molar-refractivity contribution in [1.82, 2.24) is 5.32 Å². The van der Waals surface area contributed by atoms with Gasteiger partial charge < -0.3 is 10.4 Å². The summed E-state index contributed by atoms with van der Waals surface area (Å²) in [6, 6.07) is -0.832. The monoisotopic (exact) mass is 239 g/mol. The fraction of sp³-hybridized carbons (Fsp3) is 0.692. The number of carboxylic acid groups (broad SMARTS) is 1. The topological polar surface area (TPSA) is 66.4 Å². The third-order valence-corrected chi connectivity index (χ3v) is 3.14. The number of nitrogens with one attached hydrogen (secondary N) is 1. The van der Waals surface area contributed by atoms with Gasteiger partial charge >= 0.3 is 5.97 Å². The average molecular weight is 239 g/mol. The molecule has 0 aromatic rings. The number of carbonyl (C=O) groups excluding carboxylic acids is 1. The average Bonchev–Trinajstić information content (AvgIpc) is 2.28. The van der Waals surface area contributed by atoms with Crippen molar-refractivity contribution in [3.63, 3.8) is 0 Å². The lowest BCUT2D eigenvalue weighted by atomic mass is 9.88. The molecule has 1 aliphatic carbocycles. The van der Waals surface area contributed by atoms with E-state index in [1.165, 1.54) is 6.42 Å². The quantitative estimate of drug-likeness (QED) is 0.722. The molecule has 1 atom stereocenters. The highest BCUT2D eigenvalue weighted by Crippen LogP contribution is 2.23. The molecule has 0 aliphatic heterocycles. The van der Waals surface area contributed by atoms with Crippen LogP contribution in [0, 0.1) is 5.92 Å². The molecule has 1 amide bonds. The first kappa shape index (κ1) is 13.7. The number of aliphatic carboxylic acids is 1. The van der Waals surface area contributed by atoms with Crippen LogP contribution in [-0.4, -0.2) is 23.0 Å². The van der Waals surface area contributed by atoms with Gasteiger partial charge in [-0.15, -0.1) is 6.58 Å². The highest BCUT2D eigenvalue weighted by molar-refractivity contribution is 5.85. The van der Waals surface area contributed by atoms with Gasteiger partial charge in [0.15, 0.2) is 0 Å². The summed E-state index contributed by atoms with van der Waals surface area (Å²) in [7, 11) is 0. The minimum atomic E-state index is -0.989. The first-order chi connectivity index (χ1) is 8.00. The Labute approximate surface area is 102 Å². The van der Waals surface area contributed by atoms with E-state index in [2.05, 4.69) is 11.9 Å². The lowest BCUT2D eigenvalue weighted by Crippen LogP contribution is -2.44. The van der Waals surface area contributed by atoms with Crippen molar-refractivity contribution < 1.29 is 14.7 Å². The minimum absolute atomic E-state index is 0.00396. The Bertz CT molecular complexity index is 306. The molecule has 0 aromatic carbocycles. The SMILES string of the molecule is C=C(C)C[C@@H](NC(=O)C1CCCCC1)C(=O)O. The molecule has 0 radical (unpaired) electrons. The molecule has 0 bridgehead atoms. The van der Waals surface area contributed by atoms with Gasteiger partial charge in [0.1, 0.15) is 6.04 Å². The molecule has 0 spiro atoms. The normalized spacial score (nSPS) is 18.4. The first-order valence-corrected chi connectivity index (χ1v) is 6.18. The summed E-state index contributed by atoms with van der Waals surface area (Å²) in [5, 5.41) is 11.6. The largest absolute Gasteiger partial charge is 0.480 e. The zero-order valence-electron chi connectivity index (χ0n) is 10.4. The second-order valence-electron chi connectivity index (χ2n) is 4.90. The smallest absolute Gasteiger partial charge is 0.326 e. The third-order valence-electron chi connectivity index (χ3n) is 3.14. The first-order valence-electron chi connectivity index (χ1n) is 6.18. The molecule has 0 aromatic heterocycles. The van der Waals surface area contributed by atoms with E-state index >= 15 is 0 Å². The van der Waals surface area contributed by atoms with Crippen LogP contribution in [0.1, 0.15) is 45.4 Å². The van der Waals surface area contributed by atoms with E-state index in [0.717, 1.165) is 31.3 Å². The predicted octanol–water partition coefficient (Wildman–Crippen LogP) is 2.10. The fourth-order valence-electron chi connectivity index (χ4n) is 2.20. The molecule has 1 saturated carbocycles. The van der Waals surface area contributed by atoms with Crippen molar-refractivity contribution in [3.8, 4) is 0 Å². The van der Waals surface area contributed by atoms with E-state index in [1.54, 1.807) is 6.92 Å². The summed E-state index contributed by atoms with van der Waals surface area (Å²) >= 11 is 0. The zero-order valence-corrected chi connectivity index (χ0v) is 10.4. The van der Waals surface area contributed by atoms with E-state index in [-0.39, 0.29) is 11.8 Å². The van der Waals surface area contributed by atoms with Crippen LogP contribution in [0.5, 0.6) is 0 Å². The molecule has 4 heteroatoms. The summed E-state index contributed by atoms with van der Waals surface area (Å²) in [5.41, 5.74) is 0.765. The summed E-state index contributed by atoms with van der Waals surface area (Å²) in [6.07, 6.45) is 5.37. The maximum Gasteiger partial charge on any atom is 0.326 e. The van der Waals surface area contributed by atoms with Gasteiger partial charge in [-0.3, -0.25) is 4.79 Å². The third kappa shape index (κ3) is 4.59. The van der Waals surface area contributed by atoms with Gasteiger partial charge in [0.05, 0.1) is 0 Å². The Kier molecular flexibility index (Phi) is 5.19. The second-order valence-corrected chi connectivity index (χ2v) is 4.90. The Morgan fingerprint density at radius 2 is 1.94 bits per heavy atom. The van der Waals surface area contributed by atoms with Crippen LogP contribution in [0.2, 0.25) is 0 Å². The fourth-order valence-corrected chi connectivity index (χ4v) is 2.20. The van der Waals surface area contributed by atoms with Crippen molar-refractivity contribution in [3.05, 3.63) is 12.2 Å². The summed E-state index contributed by atoms with van der Waals surface area (Å²) < 4.78 is 0. The van der Waals surface area contributed by atoms with Crippen molar-refractivity contribution in [1.29, 1.82) is 0 Å². The zero-order chi connectivity index (χ0) is 12.8. The van der Waals surface area contributed by atoms with Crippen LogP contribution in [0.15, 0.2) is 12.2 Å². The molecular weight excluding hydrogens is 218 g/mol. The minimum Gasteiger partial charge on any atom is -0.480 e. The standard InChI is InChI=1S/C13H21NO3/c1-9(2)8-11(13(16)17)14-12(15)10-6-4-3-5-7-10/h10-11H,1,3-8H2,2H3,(H,14,15)(H,16,17)/t11-/m1/s1. The number of rotatable bonds is 5. The van der Waals surface area contributed by atoms with Gasteiger partial charge in [0, 0.05) is 5.92 Å². The lowest BCUT2D eigenvalue weighted by molar-refractivity contribution is -0.142. The maximum atomic E-state index is 11.9. The van der Waals surface area contributed by atoms with Gasteiger partial charge in [-0.25, -0.2) is 4.79 Å². The molecule has 17 heavy (non-hydrogen) atoms. The van der Waals surface area contributed by atoms with E-state index in [4.69, 9.17) is 5.11 Å². The molecule has 1 fully saturated rings. The predicted molar refractivity (Wildman–Crippen MR) is 65.6 cm³/mol. The van der Waals surface area contributed by atoms with Crippen LogP contribution >= 0.6 is 0 Å². The van der Waals surface area contributed by atoms with Crippen LogP contribution in [0.4, 0.5) is 0 Å². The van der Waals surface area contributed by atoms with E-state index in [0.29, 0.717) is 6.42 Å². The van der Waals surface area contributed by atoms with Crippen molar-refractivity contribution in [2.24, 2.45) is 5.92 Å². The molecule has 0 saturated heterocycles. The molecule has 1 rings (SSSR count). The summed E-state index contributed by atoms with van der Waals surface area (Å²) in [5.74, 6) is -1.11. The summed E-state index contributed by atoms with van der Waals surface area (Å²) in [6.45, 7) is 5.45. The molecule has 1 aliphatic rings. The van der Waals surface area contributed by atoms with Crippen LogP contribution < -0.4 is 5.32 Å². The maximum absolute atomic E-state index is 11.9. The van der Waals surface area contributed by atoms with Gasteiger partial charge in [0.25, 0.3) is 0 Å². The Balaban J connectivity index is 2.50. The summed E-state index contributed by atoms with van der Waals surface area (Å²) in [4.78, 5) is 22.9. The number of hydrogen-bond acceptors (Lipinski definition) is 2. The highest BCUT2D eigenvalue weighted by Gasteiger charge is 2.26.